The van der Waals surface area contributed by atoms with E-state index in [1.807, 2.05) is 0 Å². The minimum absolute atomic E-state index is 0.00140. The smallest absolute Gasteiger partial charge is 0.417 e. The van der Waals surface area contributed by atoms with Crippen LogP contribution in [0, 0.1) is 0 Å². The van der Waals surface area contributed by atoms with Crippen molar-refractivity contribution in [3.8, 4) is 39.3 Å². The van der Waals surface area contributed by atoms with E-state index in [2.05, 4.69) is 0 Å². The molecule has 0 atom stereocenters. The van der Waals surface area contributed by atoms with Crippen LogP contribution in [0.5, 0.6) is 5.75 Å². The first-order valence-corrected chi connectivity index (χ1v) is 16.8. The van der Waals surface area contributed by atoms with Crippen molar-refractivity contribution in [2.75, 3.05) is 0 Å². The summed E-state index contributed by atoms with van der Waals surface area (Å²) in [5, 5.41) is 10.1. The third-order valence-corrected chi connectivity index (χ3v) is 9.35. The first-order valence-electron chi connectivity index (χ1n) is 13.9. The van der Waals surface area contributed by atoms with E-state index < -0.39 is 151 Å². The van der Waals surface area contributed by atoms with E-state index in [4.69, 9.17) is 4.42 Å². The second-order valence-corrected chi connectivity index (χ2v) is 13.9. The van der Waals surface area contributed by atoms with E-state index in [1.54, 1.807) is 0 Å². The monoisotopic (exact) mass is 822 g/mol. The largest absolute Gasteiger partial charge is 0.506 e. The lowest BCUT2D eigenvalue weighted by molar-refractivity contribution is -0.144. The summed E-state index contributed by atoms with van der Waals surface area (Å²) >= 11 is 0. The van der Waals surface area contributed by atoms with Gasteiger partial charge in [-0.3, -0.25) is 13.9 Å². The predicted octanol–water partition coefficient (Wildman–Crippen LogP) is 9.07. The van der Waals surface area contributed by atoms with Gasteiger partial charge in [0.1, 0.15) is 32.3 Å². The lowest BCUT2D eigenvalue weighted by Crippen LogP contribution is -2.18. The molecule has 1 aromatic heterocycles. The Kier molecular flexibility index (Phi) is 9.45. The van der Waals surface area contributed by atoms with Crippen LogP contribution in [0.15, 0.2) is 85.7 Å². The van der Waals surface area contributed by atoms with E-state index in [1.165, 1.54) is 30.3 Å². The Balaban J connectivity index is 2.21. The normalized spacial score (nSPS) is 13.4. The predicted molar refractivity (Wildman–Crippen MR) is 160 cm³/mol. The van der Waals surface area contributed by atoms with Gasteiger partial charge < -0.3 is 9.52 Å². The van der Waals surface area contributed by atoms with E-state index in [0.717, 1.165) is 0 Å². The average Bonchev–Trinajstić information content (AvgIpc) is 3.01. The molecule has 0 unspecified atom stereocenters. The molecule has 288 valence electrons. The summed E-state index contributed by atoms with van der Waals surface area (Å²) in [5.74, 6) is -2.56. The number of hydrogen-bond acceptors (Lipinski definition) is 7. The second-order valence-electron chi connectivity index (χ2n) is 11.1. The molecule has 0 saturated heterocycles. The van der Waals surface area contributed by atoms with Gasteiger partial charge in [0.05, 0.1) is 22.3 Å². The van der Waals surface area contributed by atoms with Gasteiger partial charge in [-0.25, -0.2) is 0 Å². The highest BCUT2D eigenvalue weighted by atomic mass is 32.2. The third kappa shape index (κ3) is 7.47. The molecular weight excluding hydrogens is 808 g/mol. The maximum atomic E-state index is 14.7. The zero-order valence-corrected chi connectivity index (χ0v) is 27.1. The van der Waals surface area contributed by atoms with Crippen LogP contribution in [-0.2, 0) is 44.9 Å². The van der Waals surface area contributed by atoms with E-state index in [9.17, 15) is 88.5 Å². The number of alkyl halides is 12. The summed E-state index contributed by atoms with van der Waals surface area (Å²) in [4.78, 5) is 8.55. The third-order valence-electron chi connectivity index (χ3n) is 7.60. The van der Waals surface area contributed by atoms with Gasteiger partial charge in [-0.15, -0.1) is 0 Å². The van der Waals surface area contributed by atoms with Crippen LogP contribution in [0.1, 0.15) is 22.3 Å². The molecule has 1 heterocycles. The van der Waals surface area contributed by atoms with Gasteiger partial charge in [-0.2, -0.15) is 69.5 Å². The number of phenols is 1. The summed E-state index contributed by atoms with van der Waals surface area (Å²) in [7, 11) is -12.8. The standard InChI is InChI=1S/C31H14F12O9S2/c32-28(33,34)13-6-16(30(38,39)40)23(21(8-13)53(46,47)48)15-10-20-26(18(44)11-19(52-20)12-4-2-1-3-5-12)27(45)24(15)25-17(31(41,42)43)7-14(29(35,36)37)9-22(25)54(49,50)51/h1-11,45H,(H,46,47,48)(H,49,50,51). The highest BCUT2D eigenvalue weighted by molar-refractivity contribution is 7.86. The maximum absolute atomic E-state index is 14.7. The molecule has 0 saturated carbocycles. The van der Waals surface area contributed by atoms with Gasteiger partial charge in [0.2, 0.25) is 0 Å². The van der Waals surface area contributed by atoms with Gasteiger partial charge in [-0.1, -0.05) is 30.3 Å². The quantitative estimate of drug-likeness (QED) is 0.116. The molecular formula is C31H14F12O9S2. The van der Waals surface area contributed by atoms with Crippen LogP contribution in [0.2, 0.25) is 0 Å². The van der Waals surface area contributed by atoms with Crippen LogP contribution >= 0.6 is 0 Å². The van der Waals surface area contributed by atoms with Crippen LogP contribution in [0.3, 0.4) is 0 Å². The molecule has 4 aromatic carbocycles. The van der Waals surface area contributed by atoms with Gasteiger partial charge in [0.15, 0.2) is 5.43 Å². The zero-order chi connectivity index (χ0) is 40.7. The molecule has 0 aliphatic carbocycles. The van der Waals surface area contributed by atoms with Crippen molar-refractivity contribution in [2.24, 2.45) is 0 Å². The summed E-state index contributed by atoms with van der Waals surface area (Å²) in [6.07, 6.45) is -24.1. The number of phenolic OH excluding ortho intramolecular Hbond substituents is 1. The van der Waals surface area contributed by atoms with E-state index in [0.29, 0.717) is 6.07 Å². The van der Waals surface area contributed by atoms with Gasteiger partial charge >= 0.3 is 24.7 Å². The van der Waals surface area contributed by atoms with E-state index in [-0.39, 0.29) is 11.6 Å². The second kappa shape index (κ2) is 12.7. The number of fused-ring (bicyclic) bond motifs is 1. The van der Waals surface area contributed by atoms with Gasteiger partial charge in [0, 0.05) is 28.3 Å². The number of rotatable bonds is 5. The van der Waals surface area contributed by atoms with Crippen molar-refractivity contribution in [3.05, 3.63) is 99.2 Å². The van der Waals surface area contributed by atoms with Crippen LogP contribution in [-0.4, -0.2) is 31.0 Å². The van der Waals surface area contributed by atoms with E-state index >= 15 is 0 Å². The molecule has 9 nitrogen and oxygen atoms in total. The first kappa shape index (κ1) is 40.1. The summed E-state index contributed by atoms with van der Waals surface area (Å²) in [5.41, 5.74) is -21.6. The molecule has 0 spiro atoms. The van der Waals surface area contributed by atoms with Crippen molar-refractivity contribution in [3.63, 3.8) is 0 Å². The molecule has 0 amide bonds. The molecule has 0 fully saturated rings. The molecule has 5 aromatic rings. The fourth-order valence-electron chi connectivity index (χ4n) is 5.45. The Morgan fingerprint density at radius 3 is 1.43 bits per heavy atom. The Hall–Kier alpha value is -5.13. The molecule has 54 heavy (non-hydrogen) atoms. The summed E-state index contributed by atoms with van der Waals surface area (Å²) in [6, 6.07) is 4.41. The molecule has 0 radical (unpaired) electrons. The number of halogens is 12. The van der Waals surface area contributed by atoms with Crippen molar-refractivity contribution < 1.29 is 88.1 Å². The SMILES string of the molecule is O=c1cc(-c2ccccc2)oc2cc(-c3c(C(F)(F)F)cc(C(F)(F)F)cc3S(=O)(=O)O)c(-c3c(C(F)(F)F)cc(C(F)(F)F)cc3S(=O)(=O)O)c(O)c12. The topological polar surface area (TPSA) is 159 Å². The Labute approximate surface area is 292 Å². The first-order chi connectivity index (χ1) is 24.4. The highest BCUT2D eigenvalue weighted by Gasteiger charge is 2.46. The Morgan fingerprint density at radius 2 is 1.00 bits per heavy atom. The van der Waals surface area contributed by atoms with Crippen molar-refractivity contribution in [2.45, 2.75) is 34.5 Å². The molecule has 0 aliphatic heterocycles. The summed E-state index contributed by atoms with van der Waals surface area (Å²) in [6.45, 7) is 0. The minimum atomic E-state index is -6.42. The molecule has 5 rings (SSSR count). The highest BCUT2D eigenvalue weighted by Crippen LogP contribution is 2.54. The van der Waals surface area contributed by atoms with Crippen LogP contribution < -0.4 is 5.43 Å². The Bertz CT molecular complexity index is 2630. The minimum Gasteiger partial charge on any atom is -0.506 e. The van der Waals surface area contributed by atoms with Crippen LogP contribution in [0.25, 0.3) is 44.5 Å². The number of benzene rings is 4. The average molecular weight is 823 g/mol. The van der Waals surface area contributed by atoms with Crippen molar-refractivity contribution in [1.29, 1.82) is 0 Å². The van der Waals surface area contributed by atoms with Gasteiger partial charge in [-0.05, 0) is 35.9 Å². The molecule has 0 bridgehead atoms. The maximum Gasteiger partial charge on any atom is 0.417 e. The molecule has 0 aliphatic rings. The fraction of sp³-hybridized carbons (Fsp3) is 0.129. The number of hydrogen-bond donors (Lipinski definition) is 3. The molecule has 3 N–H and O–H groups in total. The number of aromatic hydroxyl groups is 1. The lowest BCUT2D eigenvalue weighted by Gasteiger charge is -2.25. The molecule has 23 heteroatoms. The summed E-state index contributed by atoms with van der Waals surface area (Å²) < 4.78 is 246. The lowest BCUT2D eigenvalue weighted by atomic mass is 9.86. The van der Waals surface area contributed by atoms with Crippen molar-refractivity contribution >= 4 is 31.2 Å². The Morgan fingerprint density at radius 1 is 0.556 bits per heavy atom. The fourth-order valence-corrected chi connectivity index (χ4v) is 6.94. The van der Waals surface area contributed by atoms with Crippen LogP contribution in [0.4, 0.5) is 52.7 Å². The van der Waals surface area contributed by atoms with Crippen molar-refractivity contribution in [1.82, 2.24) is 0 Å². The van der Waals surface area contributed by atoms with Gasteiger partial charge in [0.25, 0.3) is 20.2 Å². The zero-order valence-electron chi connectivity index (χ0n) is 25.5.